The molecule has 0 amide bonds. The van der Waals surface area contributed by atoms with Crippen LogP contribution < -0.4 is 16.0 Å². The van der Waals surface area contributed by atoms with Crippen molar-refractivity contribution in [2.24, 2.45) is 5.84 Å². The van der Waals surface area contributed by atoms with E-state index in [1.165, 1.54) is 6.07 Å². The molecule has 1 aromatic rings. The molecule has 0 atom stereocenters. The number of ether oxygens (including phenoxy) is 1. The maximum Gasteiger partial charge on any atom is 0.387 e. The Kier molecular flexibility index (Phi) is 3.44. The highest BCUT2D eigenvalue weighted by Gasteiger charge is 2.10. The first kappa shape index (κ1) is 10.2. The van der Waals surface area contributed by atoms with Crippen LogP contribution in [0.5, 0.6) is 5.75 Å². The highest BCUT2D eigenvalue weighted by Crippen LogP contribution is 2.32. The van der Waals surface area contributed by atoms with Crippen molar-refractivity contribution in [1.29, 1.82) is 0 Å². The third kappa shape index (κ3) is 2.53. The van der Waals surface area contributed by atoms with E-state index in [4.69, 9.17) is 5.84 Å². The summed E-state index contributed by atoms with van der Waals surface area (Å²) in [6.45, 7) is -2.84. The molecular weight excluding hydrogens is 246 g/mol. The maximum atomic E-state index is 11.8. The molecular formula is C7H7BrF2N2O. The van der Waals surface area contributed by atoms with Crippen LogP contribution in [0.2, 0.25) is 0 Å². The lowest BCUT2D eigenvalue weighted by molar-refractivity contribution is -0.0503. The third-order valence-corrected chi connectivity index (χ3v) is 2.15. The van der Waals surface area contributed by atoms with Crippen LogP contribution in [0.4, 0.5) is 14.5 Å². The zero-order chi connectivity index (χ0) is 9.84. The molecule has 0 fully saturated rings. The van der Waals surface area contributed by atoms with Crippen LogP contribution in [-0.4, -0.2) is 6.61 Å². The van der Waals surface area contributed by atoms with Crippen molar-refractivity contribution in [3.8, 4) is 5.75 Å². The summed E-state index contributed by atoms with van der Waals surface area (Å²) in [6.07, 6.45) is 0. The van der Waals surface area contributed by atoms with E-state index in [2.05, 4.69) is 26.1 Å². The molecule has 1 rings (SSSR count). The molecule has 0 saturated carbocycles. The Morgan fingerprint density at radius 1 is 1.46 bits per heavy atom. The van der Waals surface area contributed by atoms with E-state index in [0.717, 1.165) is 0 Å². The number of hydrazine groups is 1. The number of nitrogen functional groups attached to an aromatic ring is 1. The number of hydrogen-bond donors (Lipinski definition) is 2. The third-order valence-electron chi connectivity index (χ3n) is 1.33. The van der Waals surface area contributed by atoms with Crippen molar-refractivity contribution in [3.05, 3.63) is 22.7 Å². The number of nitrogens with one attached hydrogen (secondary N) is 1. The van der Waals surface area contributed by atoms with Gasteiger partial charge in [0, 0.05) is 0 Å². The number of alkyl halides is 2. The minimum absolute atomic E-state index is 0.0467. The fraction of sp³-hybridized carbons (Fsp3) is 0.143. The van der Waals surface area contributed by atoms with E-state index in [1.54, 1.807) is 12.1 Å². The second kappa shape index (κ2) is 4.38. The van der Waals surface area contributed by atoms with Crippen molar-refractivity contribution < 1.29 is 13.5 Å². The van der Waals surface area contributed by atoms with Crippen molar-refractivity contribution in [2.45, 2.75) is 6.61 Å². The summed E-state index contributed by atoms with van der Waals surface area (Å²) in [4.78, 5) is 0. The van der Waals surface area contributed by atoms with Gasteiger partial charge in [-0.05, 0) is 28.1 Å². The molecule has 1 aromatic carbocycles. The Hall–Kier alpha value is -0.880. The number of benzene rings is 1. The number of halogens is 3. The summed E-state index contributed by atoms with van der Waals surface area (Å²) >= 11 is 3.07. The molecule has 0 heterocycles. The summed E-state index contributed by atoms with van der Waals surface area (Å²) in [5, 5.41) is 0. The van der Waals surface area contributed by atoms with Crippen LogP contribution in [0.3, 0.4) is 0 Å². The molecule has 72 valence electrons. The van der Waals surface area contributed by atoms with Crippen LogP contribution in [0.25, 0.3) is 0 Å². The fourth-order valence-electron chi connectivity index (χ4n) is 0.809. The van der Waals surface area contributed by atoms with Gasteiger partial charge in [0.25, 0.3) is 0 Å². The van der Waals surface area contributed by atoms with Crippen LogP contribution >= 0.6 is 15.9 Å². The van der Waals surface area contributed by atoms with Crippen LogP contribution in [-0.2, 0) is 0 Å². The lowest BCUT2D eigenvalue weighted by Crippen LogP contribution is -2.09. The number of anilines is 1. The molecule has 6 heteroatoms. The lowest BCUT2D eigenvalue weighted by Gasteiger charge is -2.09. The molecule has 0 aliphatic carbocycles. The average Bonchev–Trinajstić information content (AvgIpc) is 2.08. The summed E-state index contributed by atoms with van der Waals surface area (Å²) in [7, 11) is 0. The molecule has 0 aromatic heterocycles. The zero-order valence-corrected chi connectivity index (χ0v) is 8.01. The van der Waals surface area contributed by atoms with E-state index < -0.39 is 6.61 Å². The SMILES string of the molecule is NNc1cccc(OC(F)F)c1Br. The summed E-state index contributed by atoms with van der Waals surface area (Å²) < 4.78 is 28.3. The first-order valence-electron chi connectivity index (χ1n) is 3.35. The standard InChI is InChI=1S/C7H7BrF2N2O/c8-6-4(12-11)2-1-3-5(6)13-7(9)10/h1-3,7,12H,11H2. The zero-order valence-electron chi connectivity index (χ0n) is 6.43. The Balaban J connectivity index is 2.94. The highest BCUT2D eigenvalue weighted by atomic mass is 79.9. The summed E-state index contributed by atoms with van der Waals surface area (Å²) in [6, 6.07) is 4.59. The van der Waals surface area contributed by atoms with Gasteiger partial charge in [-0.25, -0.2) is 0 Å². The quantitative estimate of drug-likeness (QED) is 0.642. The predicted octanol–water partition coefficient (Wildman–Crippen LogP) is 2.34. The van der Waals surface area contributed by atoms with Crippen molar-refractivity contribution >= 4 is 21.6 Å². The summed E-state index contributed by atoms with van der Waals surface area (Å²) in [5.41, 5.74) is 2.82. The van der Waals surface area contributed by atoms with Crippen LogP contribution in [0.15, 0.2) is 22.7 Å². The minimum atomic E-state index is -2.84. The van der Waals surface area contributed by atoms with Gasteiger partial charge in [-0.1, -0.05) is 6.07 Å². The number of hydrogen-bond acceptors (Lipinski definition) is 3. The molecule has 13 heavy (non-hydrogen) atoms. The topological polar surface area (TPSA) is 47.3 Å². The van der Waals surface area contributed by atoms with Gasteiger partial charge in [-0.15, -0.1) is 0 Å². The van der Waals surface area contributed by atoms with Crippen molar-refractivity contribution in [3.63, 3.8) is 0 Å². The van der Waals surface area contributed by atoms with Crippen molar-refractivity contribution in [1.82, 2.24) is 0 Å². The normalized spacial score (nSPS) is 10.2. The van der Waals surface area contributed by atoms with Gasteiger partial charge in [-0.2, -0.15) is 8.78 Å². The average molecular weight is 253 g/mol. The largest absolute Gasteiger partial charge is 0.434 e. The van der Waals surface area contributed by atoms with E-state index in [1.807, 2.05) is 0 Å². The minimum Gasteiger partial charge on any atom is -0.434 e. The summed E-state index contributed by atoms with van der Waals surface area (Å²) in [5.74, 6) is 5.17. The monoisotopic (exact) mass is 252 g/mol. The van der Waals surface area contributed by atoms with E-state index in [9.17, 15) is 8.78 Å². The van der Waals surface area contributed by atoms with Gasteiger partial charge in [0.15, 0.2) is 0 Å². The van der Waals surface area contributed by atoms with E-state index >= 15 is 0 Å². The second-order valence-corrected chi connectivity index (χ2v) is 2.93. The molecule has 0 spiro atoms. The Labute approximate surface area is 82.0 Å². The Morgan fingerprint density at radius 3 is 2.69 bits per heavy atom. The molecule has 0 unspecified atom stereocenters. The number of rotatable bonds is 3. The van der Waals surface area contributed by atoms with Gasteiger partial charge in [0.1, 0.15) is 5.75 Å². The van der Waals surface area contributed by atoms with Gasteiger partial charge in [-0.3, -0.25) is 5.84 Å². The molecule has 0 aliphatic heterocycles. The molecule has 3 nitrogen and oxygen atoms in total. The van der Waals surface area contributed by atoms with Gasteiger partial charge >= 0.3 is 6.61 Å². The molecule has 0 bridgehead atoms. The lowest BCUT2D eigenvalue weighted by atomic mass is 10.3. The van der Waals surface area contributed by atoms with Gasteiger partial charge in [0.2, 0.25) is 0 Å². The second-order valence-electron chi connectivity index (χ2n) is 2.14. The first-order valence-corrected chi connectivity index (χ1v) is 4.14. The first-order chi connectivity index (χ1) is 6.15. The highest BCUT2D eigenvalue weighted by molar-refractivity contribution is 9.10. The predicted molar refractivity (Wildman–Crippen MR) is 48.6 cm³/mol. The van der Waals surface area contributed by atoms with Gasteiger partial charge < -0.3 is 10.2 Å². The smallest absolute Gasteiger partial charge is 0.387 e. The maximum absolute atomic E-state index is 11.8. The molecule has 0 aliphatic rings. The Bertz CT molecular complexity index is 296. The van der Waals surface area contributed by atoms with Crippen LogP contribution in [0, 0.1) is 0 Å². The number of nitrogens with two attached hydrogens (primary N) is 1. The molecule has 0 radical (unpaired) electrons. The van der Waals surface area contributed by atoms with E-state index in [0.29, 0.717) is 10.2 Å². The fourth-order valence-corrected chi connectivity index (χ4v) is 1.28. The molecule has 3 N–H and O–H groups in total. The van der Waals surface area contributed by atoms with Crippen molar-refractivity contribution in [2.75, 3.05) is 5.43 Å². The van der Waals surface area contributed by atoms with E-state index in [-0.39, 0.29) is 5.75 Å². The van der Waals surface area contributed by atoms with Crippen LogP contribution in [0.1, 0.15) is 0 Å². The van der Waals surface area contributed by atoms with Gasteiger partial charge in [0.05, 0.1) is 10.2 Å². The Morgan fingerprint density at radius 2 is 2.15 bits per heavy atom. The molecule has 0 saturated heterocycles.